The van der Waals surface area contributed by atoms with Gasteiger partial charge in [0.05, 0.1) is 0 Å². The van der Waals surface area contributed by atoms with E-state index in [1.165, 1.54) is 56.1 Å². The van der Waals surface area contributed by atoms with Crippen LogP contribution in [0.4, 0.5) is 5.69 Å². The first-order valence-electron chi connectivity index (χ1n) is 16.3. The molecule has 0 aromatic heterocycles. The van der Waals surface area contributed by atoms with Gasteiger partial charge >= 0.3 is 0 Å². The van der Waals surface area contributed by atoms with E-state index in [9.17, 15) is 0 Å². The second-order valence-corrected chi connectivity index (χ2v) is 14.3. The maximum absolute atomic E-state index is 4.57. The minimum Gasteiger partial charge on any atom is -0.344 e. The highest BCUT2D eigenvalue weighted by Crippen LogP contribution is 2.48. The fourth-order valence-corrected chi connectivity index (χ4v) is 7.99. The van der Waals surface area contributed by atoms with Gasteiger partial charge in [0.15, 0.2) is 0 Å². The molecule has 0 N–H and O–H groups in total. The monoisotopic (exact) mass is 599 g/mol. The molecule has 1 aliphatic carbocycles. The summed E-state index contributed by atoms with van der Waals surface area (Å²) >= 11 is 1.99. The van der Waals surface area contributed by atoms with E-state index >= 15 is 0 Å². The van der Waals surface area contributed by atoms with E-state index in [0.29, 0.717) is 0 Å². The Hall–Kier alpha value is -3.49. The molecule has 0 saturated carbocycles. The fourth-order valence-electron chi connectivity index (χ4n) is 6.78. The average molecular weight is 600 g/mol. The lowest BCUT2D eigenvalue weighted by Crippen LogP contribution is -2.26. The molecule has 1 nitrogen and oxygen atoms in total. The van der Waals surface area contributed by atoms with Crippen molar-refractivity contribution in [3.63, 3.8) is 0 Å². The average Bonchev–Trinajstić information content (AvgIpc) is 3.24. The lowest BCUT2D eigenvalue weighted by Gasteiger charge is -2.28. The maximum atomic E-state index is 4.57. The number of aryl methyl sites for hydroxylation is 1. The van der Waals surface area contributed by atoms with E-state index in [4.69, 9.17) is 0 Å². The zero-order chi connectivity index (χ0) is 31.3. The molecule has 0 spiro atoms. The van der Waals surface area contributed by atoms with Crippen molar-refractivity contribution in [2.24, 2.45) is 0 Å². The summed E-state index contributed by atoms with van der Waals surface area (Å²) in [5.41, 5.74) is 12.1. The molecule has 0 atom stereocenters. The Morgan fingerprint density at radius 2 is 1.64 bits per heavy atom. The van der Waals surface area contributed by atoms with Crippen molar-refractivity contribution in [3.05, 3.63) is 159 Å². The molecule has 0 fully saturated rings. The largest absolute Gasteiger partial charge is 0.344 e. The Morgan fingerprint density at radius 3 is 2.39 bits per heavy atom. The number of thioether (sulfide) groups is 1. The Balaban J connectivity index is 1.52. The third kappa shape index (κ3) is 6.61. The lowest BCUT2D eigenvalue weighted by molar-refractivity contribution is 0.629. The summed E-state index contributed by atoms with van der Waals surface area (Å²) in [6, 6.07) is 28.5. The summed E-state index contributed by atoms with van der Waals surface area (Å²) in [5.74, 6) is 0.968. The highest BCUT2D eigenvalue weighted by Gasteiger charge is 2.39. The van der Waals surface area contributed by atoms with Crippen LogP contribution in [0.15, 0.2) is 137 Å². The van der Waals surface area contributed by atoms with Crippen LogP contribution in [0.25, 0.3) is 0 Å². The van der Waals surface area contributed by atoms with Gasteiger partial charge in [0.1, 0.15) is 0 Å². The number of anilines is 1. The van der Waals surface area contributed by atoms with Gasteiger partial charge in [0, 0.05) is 39.4 Å². The first kappa shape index (κ1) is 31.9. The zero-order valence-corrected chi connectivity index (χ0v) is 28.4. The molecule has 3 aromatic rings. The number of hydrogen-bond donors (Lipinski definition) is 0. The van der Waals surface area contributed by atoms with Crippen LogP contribution < -0.4 is 4.90 Å². The molecule has 1 aliphatic heterocycles. The first-order valence-corrected chi connectivity index (χ1v) is 17.2. The fraction of sp³-hybridized carbons (Fsp3) is 0.333. The van der Waals surface area contributed by atoms with Crippen molar-refractivity contribution < 1.29 is 0 Å². The molecule has 0 saturated heterocycles. The van der Waals surface area contributed by atoms with Crippen molar-refractivity contribution in [1.82, 2.24) is 0 Å². The highest BCUT2D eigenvalue weighted by atomic mass is 32.2. The van der Waals surface area contributed by atoms with Crippen LogP contribution in [0.1, 0.15) is 82.6 Å². The van der Waals surface area contributed by atoms with Crippen LogP contribution in [0, 0.1) is 6.92 Å². The maximum Gasteiger partial charge on any atom is 0.0450 e. The number of para-hydroxylation sites is 1. The van der Waals surface area contributed by atoms with Gasteiger partial charge in [-0.2, -0.15) is 0 Å². The second-order valence-electron chi connectivity index (χ2n) is 13.3. The quantitative estimate of drug-likeness (QED) is 0.213. The van der Waals surface area contributed by atoms with E-state index in [2.05, 4.69) is 156 Å². The Bertz CT molecular complexity index is 1610. The molecule has 1 heterocycles. The molecule has 0 unspecified atom stereocenters. The van der Waals surface area contributed by atoms with Crippen molar-refractivity contribution >= 4 is 17.4 Å². The van der Waals surface area contributed by atoms with Gasteiger partial charge in [0.25, 0.3) is 0 Å². The Kier molecular flexibility index (Phi) is 9.90. The van der Waals surface area contributed by atoms with Gasteiger partial charge < -0.3 is 4.90 Å². The summed E-state index contributed by atoms with van der Waals surface area (Å²) in [6.45, 7) is 19.4. The van der Waals surface area contributed by atoms with Crippen LogP contribution in [-0.2, 0) is 16.6 Å². The summed E-state index contributed by atoms with van der Waals surface area (Å²) in [5, 5.41) is 0. The molecule has 44 heavy (non-hydrogen) atoms. The summed E-state index contributed by atoms with van der Waals surface area (Å²) in [6.07, 6.45) is 14.0. The predicted molar refractivity (Wildman–Crippen MR) is 194 cm³/mol. The van der Waals surface area contributed by atoms with Gasteiger partial charge in [-0.05, 0) is 83.7 Å². The smallest absolute Gasteiger partial charge is 0.0450 e. The minimum atomic E-state index is -0.136. The van der Waals surface area contributed by atoms with E-state index in [1.54, 1.807) is 0 Å². The topological polar surface area (TPSA) is 3.24 Å². The SMILES string of the molecule is C=C(/C=C/C1=C(SCc2ccccc2)C(=C/C=C2/N(CCC)c3ccccc3C2(C)C)/CCC1)C(C)(C)c1ccccc1C. The molecule has 0 bridgehead atoms. The van der Waals surface area contributed by atoms with Gasteiger partial charge in [-0.25, -0.2) is 0 Å². The van der Waals surface area contributed by atoms with Crippen LogP contribution in [0.2, 0.25) is 0 Å². The van der Waals surface area contributed by atoms with Crippen LogP contribution >= 0.6 is 11.8 Å². The van der Waals surface area contributed by atoms with Gasteiger partial charge in [-0.15, -0.1) is 11.8 Å². The van der Waals surface area contributed by atoms with Gasteiger partial charge in [0.2, 0.25) is 0 Å². The van der Waals surface area contributed by atoms with E-state index < -0.39 is 0 Å². The lowest BCUT2D eigenvalue weighted by atomic mass is 9.76. The van der Waals surface area contributed by atoms with E-state index in [1.807, 2.05) is 11.8 Å². The Labute approximate surface area is 271 Å². The third-order valence-electron chi connectivity index (χ3n) is 9.50. The molecule has 3 aromatic carbocycles. The number of nitrogens with zero attached hydrogens (tertiary/aromatic N) is 1. The summed E-state index contributed by atoms with van der Waals surface area (Å²) in [4.78, 5) is 3.99. The third-order valence-corrected chi connectivity index (χ3v) is 10.8. The molecule has 0 amide bonds. The van der Waals surface area contributed by atoms with Crippen molar-refractivity contribution in [1.29, 1.82) is 0 Å². The minimum absolute atomic E-state index is 0.0276. The number of allylic oxidation sites excluding steroid dienone is 8. The molecule has 2 heteroatoms. The normalized spacial score (nSPS) is 18.5. The Morgan fingerprint density at radius 1 is 0.932 bits per heavy atom. The van der Waals surface area contributed by atoms with Gasteiger partial charge in [-0.3, -0.25) is 0 Å². The zero-order valence-electron chi connectivity index (χ0n) is 27.6. The number of fused-ring (bicyclic) bond motifs is 1. The molecular formula is C42H49NS. The van der Waals surface area contributed by atoms with Gasteiger partial charge in [-0.1, -0.05) is 132 Å². The van der Waals surface area contributed by atoms with Crippen LogP contribution in [-0.4, -0.2) is 6.54 Å². The number of hydrogen-bond acceptors (Lipinski definition) is 2. The van der Waals surface area contributed by atoms with E-state index in [0.717, 1.165) is 37.1 Å². The van der Waals surface area contributed by atoms with Crippen molar-refractivity contribution in [3.8, 4) is 0 Å². The molecule has 0 radical (unpaired) electrons. The van der Waals surface area contributed by atoms with Crippen LogP contribution in [0.3, 0.4) is 0 Å². The van der Waals surface area contributed by atoms with Crippen molar-refractivity contribution in [2.45, 2.75) is 83.8 Å². The summed E-state index contributed by atoms with van der Waals surface area (Å²) in [7, 11) is 0. The molecule has 5 rings (SSSR count). The summed E-state index contributed by atoms with van der Waals surface area (Å²) < 4.78 is 0. The molecule has 2 aliphatic rings. The van der Waals surface area contributed by atoms with E-state index in [-0.39, 0.29) is 10.8 Å². The molecule has 228 valence electrons. The second kappa shape index (κ2) is 13.7. The number of rotatable bonds is 10. The van der Waals surface area contributed by atoms with Crippen LogP contribution in [0.5, 0.6) is 0 Å². The standard InChI is InChI=1S/C42H49NS/c1-8-29-43-38-24-15-14-23-37(38)42(6,7)39(43)28-27-35-21-16-20-34(40(35)44-30-33-18-10-9-11-19-33)26-25-32(3)41(4,5)36-22-13-12-17-31(36)2/h9-15,17-19,22-28H,3,8,16,20-21,29-30H2,1-2,4-7H3/b26-25+,35-27+,39-28+. The predicted octanol–water partition coefficient (Wildman–Crippen LogP) is 11.8. The number of benzene rings is 3. The first-order chi connectivity index (χ1) is 21.1. The van der Waals surface area contributed by atoms with Crippen molar-refractivity contribution in [2.75, 3.05) is 11.4 Å². The highest BCUT2D eigenvalue weighted by molar-refractivity contribution is 8.02. The molecular weight excluding hydrogens is 551 g/mol.